The van der Waals surface area contributed by atoms with Gasteiger partial charge in [0.25, 0.3) is 0 Å². The number of methoxy groups -OCH3 is 1. The Morgan fingerprint density at radius 2 is 1.89 bits per heavy atom. The molecule has 5 nitrogen and oxygen atoms in total. The largest absolute Gasteiger partial charge is 0.497 e. The zero-order valence-corrected chi connectivity index (χ0v) is 10.4. The maximum Gasteiger partial charge on any atom is 0.181 e. The minimum Gasteiger partial charge on any atom is -0.497 e. The van der Waals surface area contributed by atoms with Gasteiger partial charge in [-0.15, -0.1) is 0 Å². The van der Waals surface area contributed by atoms with Crippen LogP contribution in [0.15, 0.2) is 48.8 Å². The van der Waals surface area contributed by atoms with Crippen LogP contribution in [0.3, 0.4) is 0 Å². The third kappa shape index (κ3) is 2.30. The van der Waals surface area contributed by atoms with E-state index in [1.54, 1.807) is 19.5 Å². The summed E-state index contributed by atoms with van der Waals surface area (Å²) in [7, 11) is 1.64. The molecule has 1 N–H and O–H groups in total. The van der Waals surface area contributed by atoms with Crippen molar-refractivity contribution in [3.63, 3.8) is 0 Å². The number of hydrogen-bond donors (Lipinski definition) is 1. The van der Waals surface area contributed by atoms with Crippen LogP contribution in [0.2, 0.25) is 0 Å². The van der Waals surface area contributed by atoms with Gasteiger partial charge in [-0.2, -0.15) is 5.10 Å². The van der Waals surface area contributed by atoms with Gasteiger partial charge in [0.15, 0.2) is 11.6 Å². The van der Waals surface area contributed by atoms with E-state index in [1.807, 2.05) is 36.4 Å². The molecule has 5 heteroatoms. The fraction of sp³-hybridized carbons (Fsp3) is 0.0714. The number of ether oxygens (including phenoxy) is 1. The molecule has 0 spiro atoms. The molecule has 0 radical (unpaired) electrons. The summed E-state index contributed by atoms with van der Waals surface area (Å²) >= 11 is 0. The van der Waals surface area contributed by atoms with Crippen LogP contribution in [0, 0.1) is 0 Å². The molecule has 94 valence electrons. The summed E-state index contributed by atoms with van der Waals surface area (Å²) in [5, 5.41) is 7.15. The summed E-state index contributed by atoms with van der Waals surface area (Å²) in [6, 6.07) is 11.4. The summed E-state index contributed by atoms with van der Waals surface area (Å²) in [5.41, 5.74) is 1.87. The summed E-state index contributed by atoms with van der Waals surface area (Å²) in [6.07, 6.45) is 3.45. The van der Waals surface area contributed by atoms with E-state index in [4.69, 9.17) is 4.74 Å². The maximum absolute atomic E-state index is 5.19. The summed E-state index contributed by atoms with van der Waals surface area (Å²) in [5.74, 6) is 2.15. The van der Waals surface area contributed by atoms with Gasteiger partial charge in [-0.3, -0.25) is 10.1 Å². The smallest absolute Gasteiger partial charge is 0.181 e. The lowest BCUT2D eigenvalue weighted by Crippen LogP contribution is -1.85. The van der Waals surface area contributed by atoms with E-state index in [-0.39, 0.29) is 0 Å². The highest BCUT2D eigenvalue weighted by Gasteiger charge is 2.08. The normalized spacial score (nSPS) is 10.4. The van der Waals surface area contributed by atoms with Crippen molar-refractivity contribution in [1.29, 1.82) is 0 Å². The first-order valence-electron chi connectivity index (χ1n) is 5.84. The number of aromatic nitrogens is 4. The van der Waals surface area contributed by atoms with E-state index in [9.17, 15) is 0 Å². The van der Waals surface area contributed by atoms with E-state index in [2.05, 4.69) is 20.2 Å². The summed E-state index contributed by atoms with van der Waals surface area (Å²) in [6.45, 7) is 0. The van der Waals surface area contributed by atoms with Crippen LogP contribution in [0.1, 0.15) is 0 Å². The molecule has 0 fully saturated rings. The first-order chi connectivity index (χ1) is 9.36. The molecule has 0 amide bonds. The average Bonchev–Trinajstić information content (AvgIpc) is 2.98. The Labute approximate surface area is 110 Å². The second-order valence-corrected chi connectivity index (χ2v) is 3.98. The van der Waals surface area contributed by atoms with Crippen LogP contribution in [-0.2, 0) is 0 Å². The van der Waals surface area contributed by atoms with Gasteiger partial charge in [0, 0.05) is 23.5 Å². The SMILES string of the molecule is COc1cccc(-c2n[nH]c(-c3ccncc3)n2)c1. The maximum atomic E-state index is 5.19. The number of H-pyrrole nitrogens is 1. The lowest BCUT2D eigenvalue weighted by molar-refractivity contribution is 0.415. The Morgan fingerprint density at radius 3 is 2.68 bits per heavy atom. The number of nitrogens with one attached hydrogen (secondary N) is 1. The molecule has 0 aliphatic rings. The molecule has 0 aliphatic heterocycles. The second kappa shape index (κ2) is 4.89. The van der Waals surface area contributed by atoms with E-state index in [0.717, 1.165) is 22.7 Å². The molecule has 0 unspecified atom stereocenters. The Morgan fingerprint density at radius 1 is 1.05 bits per heavy atom. The zero-order valence-electron chi connectivity index (χ0n) is 10.4. The van der Waals surface area contributed by atoms with E-state index in [0.29, 0.717) is 5.82 Å². The van der Waals surface area contributed by atoms with E-state index in [1.165, 1.54) is 0 Å². The van der Waals surface area contributed by atoms with Crippen molar-refractivity contribution in [1.82, 2.24) is 20.2 Å². The highest BCUT2D eigenvalue weighted by molar-refractivity contribution is 5.61. The van der Waals surface area contributed by atoms with Crippen LogP contribution in [-0.4, -0.2) is 27.3 Å². The number of hydrogen-bond acceptors (Lipinski definition) is 4. The topological polar surface area (TPSA) is 63.7 Å². The molecule has 0 saturated heterocycles. The molecule has 3 rings (SSSR count). The minimum absolute atomic E-state index is 0.644. The fourth-order valence-electron chi connectivity index (χ4n) is 1.79. The molecule has 2 heterocycles. The second-order valence-electron chi connectivity index (χ2n) is 3.98. The number of pyridine rings is 1. The zero-order chi connectivity index (χ0) is 13.1. The fourth-order valence-corrected chi connectivity index (χ4v) is 1.79. The van der Waals surface area contributed by atoms with Gasteiger partial charge in [-0.1, -0.05) is 12.1 Å². The third-order valence-corrected chi connectivity index (χ3v) is 2.77. The molecule has 2 aromatic heterocycles. The predicted octanol–water partition coefficient (Wildman–Crippen LogP) is 2.54. The highest BCUT2D eigenvalue weighted by Crippen LogP contribution is 2.22. The Hall–Kier alpha value is -2.69. The quantitative estimate of drug-likeness (QED) is 0.778. The molecule has 1 aromatic carbocycles. The number of aromatic amines is 1. The Kier molecular flexibility index (Phi) is 2.94. The van der Waals surface area contributed by atoms with Gasteiger partial charge < -0.3 is 4.74 Å². The first kappa shape index (κ1) is 11.4. The molecule has 0 atom stereocenters. The summed E-state index contributed by atoms with van der Waals surface area (Å²) in [4.78, 5) is 8.46. The van der Waals surface area contributed by atoms with Gasteiger partial charge in [0.1, 0.15) is 5.75 Å². The number of nitrogens with zero attached hydrogens (tertiary/aromatic N) is 3. The van der Waals surface area contributed by atoms with Crippen molar-refractivity contribution < 1.29 is 4.74 Å². The lowest BCUT2D eigenvalue weighted by Gasteiger charge is -2.00. The van der Waals surface area contributed by atoms with Gasteiger partial charge in [0.2, 0.25) is 0 Å². The molecule has 19 heavy (non-hydrogen) atoms. The van der Waals surface area contributed by atoms with Crippen molar-refractivity contribution in [2.45, 2.75) is 0 Å². The number of benzene rings is 1. The summed E-state index contributed by atoms with van der Waals surface area (Å²) < 4.78 is 5.19. The van der Waals surface area contributed by atoms with Crippen molar-refractivity contribution in [3.05, 3.63) is 48.8 Å². The molecule has 0 aliphatic carbocycles. The van der Waals surface area contributed by atoms with Gasteiger partial charge >= 0.3 is 0 Å². The van der Waals surface area contributed by atoms with Crippen molar-refractivity contribution >= 4 is 0 Å². The van der Waals surface area contributed by atoms with Crippen LogP contribution >= 0.6 is 0 Å². The minimum atomic E-state index is 0.644. The number of rotatable bonds is 3. The first-order valence-corrected chi connectivity index (χ1v) is 5.84. The lowest BCUT2D eigenvalue weighted by atomic mass is 10.2. The van der Waals surface area contributed by atoms with Crippen molar-refractivity contribution in [2.24, 2.45) is 0 Å². The molecule has 0 saturated carbocycles. The third-order valence-electron chi connectivity index (χ3n) is 2.77. The predicted molar refractivity (Wildman–Crippen MR) is 71.6 cm³/mol. The molecule has 3 aromatic rings. The van der Waals surface area contributed by atoms with Crippen molar-refractivity contribution in [3.8, 4) is 28.5 Å². The van der Waals surface area contributed by atoms with Crippen LogP contribution in [0.4, 0.5) is 0 Å². The van der Waals surface area contributed by atoms with Gasteiger partial charge in [0.05, 0.1) is 7.11 Å². The van der Waals surface area contributed by atoms with Crippen LogP contribution in [0.25, 0.3) is 22.8 Å². The van der Waals surface area contributed by atoms with E-state index >= 15 is 0 Å². The van der Waals surface area contributed by atoms with Gasteiger partial charge in [-0.05, 0) is 24.3 Å². The van der Waals surface area contributed by atoms with Gasteiger partial charge in [-0.25, -0.2) is 4.98 Å². The monoisotopic (exact) mass is 252 g/mol. The standard InChI is InChI=1S/C14H12N4O/c1-19-12-4-2-3-11(9-12)14-16-13(17-18-14)10-5-7-15-8-6-10/h2-9H,1H3,(H,16,17,18). The Balaban J connectivity index is 1.97. The molecular formula is C14H12N4O. The van der Waals surface area contributed by atoms with Crippen molar-refractivity contribution in [2.75, 3.05) is 7.11 Å². The highest BCUT2D eigenvalue weighted by atomic mass is 16.5. The van der Waals surface area contributed by atoms with E-state index < -0.39 is 0 Å². The molecule has 0 bridgehead atoms. The molecular weight excluding hydrogens is 240 g/mol. The Bertz CT molecular complexity index is 679. The van der Waals surface area contributed by atoms with Crippen LogP contribution < -0.4 is 4.74 Å². The average molecular weight is 252 g/mol. The van der Waals surface area contributed by atoms with Crippen LogP contribution in [0.5, 0.6) is 5.75 Å².